The van der Waals surface area contributed by atoms with E-state index in [9.17, 15) is 9.59 Å². The maximum absolute atomic E-state index is 11.4. The van der Waals surface area contributed by atoms with Crippen LogP contribution in [0.4, 0.5) is 0 Å². The zero-order chi connectivity index (χ0) is 9.26. The standard InChI is InChI=1S/C8H13N3O2/c12-7-3-6(4-10-7)11-2-1-9-5-8(11)13/h6,9H,1-5H2,(H,10,12). The number of carbonyl (C=O) groups excluding carboxylic acids is 2. The zero-order valence-electron chi connectivity index (χ0n) is 7.38. The van der Waals surface area contributed by atoms with Crippen LogP contribution < -0.4 is 10.6 Å². The molecule has 0 bridgehead atoms. The summed E-state index contributed by atoms with van der Waals surface area (Å²) in [6.07, 6.45) is 0.464. The van der Waals surface area contributed by atoms with Crippen molar-refractivity contribution in [2.75, 3.05) is 26.2 Å². The van der Waals surface area contributed by atoms with Crippen LogP contribution in [0.5, 0.6) is 0 Å². The first-order valence-electron chi connectivity index (χ1n) is 4.54. The van der Waals surface area contributed by atoms with Crippen molar-refractivity contribution in [3.63, 3.8) is 0 Å². The Balaban J connectivity index is 1.98. The van der Waals surface area contributed by atoms with Crippen molar-refractivity contribution in [2.24, 2.45) is 0 Å². The van der Waals surface area contributed by atoms with Crippen molar-refractivity contribution in [3.05, 3.63) is 0 Å². The third-order valence-corrected chi connectivity index (χ3v) is 2.52. The Labute approximate surface area is 76.5 Å². The van der Waals surface area contributed by atoms with Gasteiger partial charge in [-0.05, 0) is 0 Å². The summed E-state index contributed by atoms with van der Waals surface area (Å²) in [5.74, 6) is 0.157. The van der Waals surface area contributed by atoms with E-state index in [1.807, 2.05) is 0 Å². The molecular formula is C8H13N3O2. The first-order chi connectivity index (χ1) is 6.27. The Morgan fingerprint density at radius 1 is 1.38 bits per heavy atom. The number of nitrogens with zero attached hydrogens (tertiary/aromatic N) is 1. The number of carbonyl (C=O) groups is 2. The molecule has 1 atom stereocenters. The highest BCUT2D eigenvalue weighted by molar-refractivity contribution is 5.83. The van der Waals surface area contributed by atoms with E-state index in [0.717, 1.165) is 13.1 Å². The molecule has 0 saturated carbocycles. The molecule has 72 valence electrons. The van der Waals surface area contributed by atoms with Crippen LogP contribution in [0.2, 0.25) is 0 Å². The van der Waals surface area contributed by atoms with Gasteiger partial charge in [-0.25, -0.2) is 0 Å². The molecule has 2 fully saturated rings. The van der Waals surface area contributed by atoms with E-state index in [1.54, 1.807) is 4.90 Å². The molecule has 1 unspecified atom stereocenters. The molecule has 0 radical (unpaired) electrons. The molecule has 0 aromatic heterocycles. The number of hydrogen-bond donors (Lipinski definition) is 2. The maximum atomic E-state index is 11.4. The summed E-state index contributed by atoms with van der Waals surface area (Å²) in [5, 5.41) is 5.74. The molecule has 2 aliphatic heterocycles. The molecule has 2 saturated heterocycles. The van der Waals surface area contributed by atoms with Gasteiger partial charge in [0.25, 0.3) is 0 Å². The monoisotopic (exact) mass is 183 g/mol. The lowest BCUT2D eigenvalue weighted by molar-refractivity contribution is -0.134. The van der Waals surface area contributed by atoms with Gasteiger partial charge in [-0.3, -0.25) is 9.59 Å². The molecule has 0 spiro atoms. The molecule has 2 rings (SSSR count). The average Bonchev–Trinajstić information content (AvgIpc) is 2.53. The number of amides is 2. The lowest BCUT2D eigenvalue weighted by Crippen LogP contribution is -2.52. The molecule has 0 aliphatic carbocycles. The zero-order valence-corrected chi connectivity index (χ0v) is 7.38. The lowest BCUT2D eigenvalue weighted by Gasteiger charge is -2.31. The summed E-state index contributed by atoms with van der Waals surface area (Å²) in [5.41, 5.74) is 0. The summed E-state index contributed by atoms with van der Waals surface area (Å²) in [7, 11) is 0. The number of nitrogens with one attached hydrogen (secondary N) is 2. The molecule has 13 heavy (non-hydrogen) atoms. The van der Waals surface area contributed by atoms with Crippen LogP contribution in [0, 0.1) is 0 Å². The lowest BCUT2D eigenvalue weighted by atomic mass is 10.2. The van der Waals surface area contributed by atoms with Crippen LogP contribution >= 0.6 is 0 Å². The van der Waals surface area contributed by atoms with E-state index in [4.69, 9.17) is 0 Å². The van der Waals surface area contributed by atoms with E-state index >= 15 is 0 Å². The molecular weight excluding hydrogens is 170 g/mol. The van der Waals surface area contributed by atoms with Gasteiger partial charge in [-0.15, -0.1) is 0 Å². The normalized spacial score (nSPS) is 29.2. The van der Waals surface area contributed by atoms with E-state index in [1.165, 1.54) is 0 Å². The minimum Gasteiger partial charge on any atom is -0.354 e. The fraction of sp³-hybridized carbons (Fsp3) is 0.750. The van der Waals surface area contributed by atoms with Crippen LogP contribution in [-0.4, -0.2) is 48.9 Å². The fourth-order valence-electron chi connectivity index (χ4n) is 1.82. The minimum atomic E-state index is 0.0522. The average molecular weight is 183 g/mol. The second-order valence-corrected chi connectivity index (χ2v) is 3.43. The fourth-order valence-corrected chi connectivity index (χ4v) is 1.82. The summed E-state index contributed by atoms with van der Waals surface area (Å²) in [4.78, 5) is 24.2. The van der Waals surface area contributed by atoms with Crippen LogP contribution in [0.15, 0.2) is 0 Å². The van der Waals surface area contributed by atoms with E-state index in [2.05, 4.69) is 10.6 Å². The van der Waals surface area contributed by atoms with Gasteiger partial charge in [0.2, 0.25) is 11.8 Å². The smallest absolute Gasteiger partial charge is 0.236 e. The first-order valence-corrected chi connectivity index (χ1v) is 4.54. The maximum Gasteiger partial charge on any atom is 0.236 e. The minimum absolute atomic E-state index is 0.0522. The molecule has 2 N–H and O–H groups in total. The van der Waals surface area contributed by atoms with Gasteiger partial charge in [-0.1, -0.05) is 0 Å². The van der Waals surface area contributed by atoms with Gasteiger partial charge in [0.15, 0.2) is 0 Å². The highest BCUT2D eigenvalue weighted by Gasteiger charge is 2.31. The van der Waals surface area contributed by atoms with Gasteiger partial charge >= 0.3 is 0 Å². The van der Waals surface area contributed by atoms with Crippen molar-refractivity contribution < 1.29 is 9.59 Å². The first kappa shape index (κ1) is 8.50. The molecule has 0 aromatic rings. The van der Waals surface area contributed by atoms with Gasteiger partial charge in [-0.2, -0.15) is 0 Å². The Kier molecular flexibility index (Phi) is 2.18. The Bertz CT molecular complexity index is 242. The van der Waals surface area contributed by atoms with Crippen molar-refractivity contribution >= 4 is 11.8 Å². The third kappa shape index (κ3) is 1.65. The van der Waals surface area contributed by atoms with Gasteiger partial charge in [0, 0.05) is 26.1 Å². The summed E-state index contributed by atoms with van der Waals surface area (Å²) in [6.45, 7) is 2.57. The molecule has 2 aliphatic rings. The molecule has 5 nitrogen and oxygen atoms in total. The summed E-state index contributed by atoms with van der Waals surface area (Å²) < 4.78 is 0. The van der Waals surface area contributed by atoms with Crippen molar-refractivity contribution in [3.8, 4) is 0 Å². The quantitative estimate of drug-likeness (QED) is 0.510. The summed E-state index contributed by atoms with van der Waals surface area (Å²) in [6, 6.07) is 0.0853. The molecule has 5 heteroatoms. The van der Waals surface area contributed by atoms with E-state index in [0.29, 0.717) is 19.5 Å². The Hall–Kier alpha value is -1.10. The molecule has 2 heterocycles. The van der Waals surface area contributed by atoms with Gasteiger partial charge in [0.05, 0.1) is 12.6 Å². The predicted octanol–water partition coefficient (Wildman–Crippen LogP) is -1.69. The van der Waals surface area contributed by atoms with E-state index in [-0.39, 0.29) is 17.9 Å². The van der Waals surface area contributed by atoms with Gasteiger partial charge < -0.3 is 15.5 Å². The van der Waals surface area contributed by atoms with Crippen LogP contribution in [0.1, 0.15) is 6.42 Å². The van der Waals surface area contributed by atoms with Crippen molar-refractivity contribution in [1.82, 2.24) is 15.5 Å². The summed E-state index contributed by atoms with van der Waals surface area (Å²) >= 11 is 0. The SMILES string of the molecule is O=C1CC(N2CCNCC2=O)CN1. The molecule has 0 aromatic carbocycles. The molecule has 2 amide bonds. The van der Waals surface area contributed by atoms with Crippen LogP contribution in [0.3, 0.4) is 0 Å². The Morgan fingerprint density at radius 3 is 2.85 bits per heavy atom. The van der Waals surface area contributed by atoms with Crippen LogP contribution in [0.25, 0.3) is 0 Å². The highest BCUT2D eigenvalue weighted by atomic mass is 16.2. The van der Waals surface area contributed by atoms with Crippen molar-refractivity contribution in [1.29, 1.82) is 0 Å². The topological polar surface area (TPSA) is 61.4 Å². The van der Waals surface area contributed by atoms with E-state index < -0.39 is 0 Å². The van der Waals surface area contributed by atoms with Crippen molar-refractivity contribution in [2.45, 2.75) is 12.5 Å². The number of piperazine rings is 1. The number of rotatable bonds is 1. The second-order valence-electron chi connectivity index (χ2n) is 3.43. The Morgan fingerprint density at radius 2 is 2.23 bits per heavy atom. The third-order valence-electron chi connectivity index (χ3n) is 2.52. The van der Waals surface area contributed by atoms with Crippen LogP contribution in [-0.2, 0) is 9.59 Å². The largest absolute Gasteiger partial charge is 0.354 e. The van der Waals surface area contributed by atoms with Gasteiger partial charge in [0.1, 0.15) is 0 Å². The number of hydrogen-bond acceptors (Lipinski definition) is 3. The second kappa shape index (κ2) is 3.33. The predicted molar refractivity (Wildman–Crippen MR) is 46.0 cm³/mol. The highest BCUT2D eigenvalue weighted by Crippen LogP contribution is 2.10.